The third kappa shape index (κ3) is 8.94. The first-order valence-corrected chi connectivity index (χ1v) is 21.5. The van der Waals surface area contributed by atoms with Crippen molar-refractivity contribution in [3.8, 4) is 0 Å². The van der Waals surface area contributed by atoms with E-state index in [1.807, 2.05) is 96.3 Å². The summed E-state index contributed by atoms with van der Waals surface area (Å²) in [5.74, 6) is -0.283. The lowest BCUT2D eigenvalue weighted by Crippen LogP contribution is -2.57. The van der Waals surface area contributed by atoms with E-state index in [2.05, 4.69) is 39.2 Å². The number of hydrogen-bond acceptors (Lipinski definition) is 6. The second kappa shape index (κ2) is 16.3. The molecule has 0 unspecified atom stereocenters. The van der Waals surface area contributed by atoms with Crippen molar-refractivity contribution in [1.29, 1.82) is 0 Å². The van der Waals surface area contributed by atoms with E-state index in [0.29, 0.717) is 17.7 Å². The molecule has 4 rings (SSSR count). The van der Waals surface area contributed by atoms with E-state index in [9.17, 15) is 19.2 Å². The molecule has 9 nitrogen and oxygen atoms in total. The van der Waals surface area contributed by atoms with E-state index >= 15 is 0 Å². The number of hydrogen-bond donors (Lipinski definition) is 1. The molecule has 10 heteroatoms. The standard InChI is InChI=1S/C42H59N3O6Si/c1-13-15-32-22-36-40(51-52(11,12)42(8,9)10)45(35-21-28(6)27(5)20-34(35)39(48)44(36)24-32)41(49)50-25-31-18-16-30(17-19-31)23-37(46)29(7)43-38(47)33(14-2)26(3)4/h13,15-21,24,26,29,33,36,40H,14,22-23,25H2,1-12H3,(H,43,47)/b15-13+/t29-,33-,36-,40-/m0/s1. The first-order valence-electron chi connectivity index (χ1n) is 18.6. The summed E-state index contributed by atoms with van der Waals surface area (Å²) in [5.41, 5.74) is 5.35. The summed E-state index contributed by atoms with van der Waals surface area (Å²) in [4.78, 5) is 57.7. The molecule has 0 fully saturated rings. The average molecular weight is 730 g/mol. The molecule has 3 amide bonds. The molecule has 2 aliphatic heterocycles. The van der Waals surface area contributed by atoms with Crippen LogP contribution >= 0.6 is 0 Å². The third-order valence-electron chi connectivity index (χ3n) is 11.0. The Morgan fingerprint density at radius 1 is 1.02 bits per heavy atom. The van der Waals surface area contributed by atoms with Crippen LogP contribution in [-0.2, 0) is 31.8 Å². The quantitative estimate of drug-likeness (QED) is 0.219. The van der Waals surface area contributed by atoms with Gasteiger partial charge in [0.05, 0.1) is 23.3 Å². The van der Waals surface area contributed by atoms with Crippen molar-refractivity contribution in [2.24, 2.45) is 11.8 Å². The molecule has 0 radical (unpaired) electrons. The molecule has 2 aromatic carbocycles. The minimum atomic E-state index is -2.49. The van der Waals surface area contributed by atoms with Crippen LogP contribution in [0, 0.1) is 25.7 Å². The van der Waals surface area contributed by atoms with Gasteiger partial charge >= 0.3 is 6.09 Å². The first-order chi connectivity index (χ1) is 24.3. The van der Waals surface area contributed by atoms with Crippen molar-refractivity contribution in [2.45, 2.75) is 132 Å². The number of amides is 3. The summed E-state index contributed by atoms with van der Waals surface area (Å²) in [5, 5.41) is 2.73. The number of benzene rings is 2. The number of rotatable bonds is 12. The lowest BCUT2D eigenvalue weighted by molar-refractivity contribution is -0.130. The van der Waals surface area contributed by atoms with Gasteiger partial charge in [0.2, 0.25) is 5.91 Å². The highest BCUT2D eigenvalue weighted by Gasteiger charge is 2.50. The van der Waals surface area contributed by atoms with Crippen LogP contribution in [0.15, 0.2) is 60.3 Å². The van der Waals surface area contributed by atoms with E-state index in [1.54, 1.807) is 16.7 Å². The molecule has 4 atom stereocenters. The molecule has 52 heavy (non-hydrogen) atoms. The van der Waals surface area contributed by atoms with Crippen LogP contribution in [0.4, 0.5) is 10.5 Å². The predicted molar refractivity (Wildman–Crippen MR) is 209 cm³/mol. The predicted octanol–water partition coefficient (Wildman–Crippen LogP) is 8.78. The Kier molecular flexibility index (Phi) is 12.8. The number of allylic oxidation sites excluding steroid dienone is 2. The largest absolute Gasteiger partial charge is 0.444 e. The minimum Gasteiger partial charge on any atom is -0.444 e. The molecule has 1 N–H and O–H groups in total. The Labute approximate surface area is 311 Å². The van der Waals surface area contributed by atoms with Gasteiger partial charge < -0.3 is 19.4 Å². The van der Waals surface area contributed by atoms with Gasteiger partial charge in [-0.3, -0.25) is 14.4 Å². The second-order valence-corrected chi connectivity index (χ2v) is 21.0. The Morgan fingerprint density at radius 3 is 2.21 bits per heavy atom. The van der Waals surface area contributed by atoms with Gasteiger partial charge in [-0.25, -0.2) is 9.69 Å². The maximum atomic E-state index is 14.4. The number of aryl methyl sites for hydroxylation is 2. The summed E-state index contributed by atoms with van der Waals surface area (Å²) in [6.07, 6.45) is 5.87. The van der Waals surface area contributed by atoms with Crippen molar-refractivity contribution >= 4 is 37.7 Å². The highest BCUT2D eigenvalue weighted by atomic mass is 28.4. The molecule has 0 saturated carbocycles. The van der Waals surface area contributed by atoms with E-state index in [0.717, 1.165) is 34.2 Å². The SMILES string of the molecule is C/C=C/C1=CN2C(=O)c3cc(C)c(C)cc3N(C(=O)OCc3ccc(CC(=O)[C@H](C)NC(=O)[C@@H](CC)C(C)C)cc3)[C@@H](O[Si](C)(C)C(C)(C)C)[C@@H]2C1. The Hall–Kier alpha value is -4.02. The van der Waals surface area contributed by atoms with Gasteiger partial charge in [-0.15, -0.1) is 0 Å². The fourth-order valence-electron chi connectivity index (χ4n) is 6.55. The number of carbonyl (C=O) groups excluding carboxylic acids is 4. The Bertz CT molecular complexity index is 1720. The van der Waals surface area contributed by atoms with E-state index < -0.39 is 32.7 Å². The van der Waals surface area contributed by atoms with E-state index in [1.165, 1.54) is 0 Å². The van der Waals surface area contributed by atoms with Crippen LogP contribution in [-0.4, -0.2) is 55.2 Å². The molecule has 2 heterocycles. The average Bonchev–Trinajstić information content (AvgIpc) is 3.45. The monoisotopic (exact) mass is 729 g/mol. The number of nitrogens with one attached hydrogen (secondary N) is 1. The molecule has 0 bridgehead atoms. The lowest BCUT2D eigenvalue weighted by atomic mass is 9.92. The molecule has 0 spiro atoms. The fraction of sp³-hybridized carbons (Fsp3) is 0.524. The van der Waals surface area contributed by atoms with Crippen molar-refractivity contribution in [2.75, 3.05) is 4.90 Å². The number of fused-ring (bicyclic) bond motifs is 2. The zero-order valence-electron chi connectivity index (χ0n) is 33.3. The molecule has 0 aromatic heterocycles. The van der Waals surface area contributed by atoms with Gasteiger partial charge in [-0.1, -0.05) is 78.0 Å². The number of carbonyl (C=O) groups is 4. The molecule has 2 aliphatic rings. The zero-order valence-corrected chi connectivity index (χ0v) is 34.3. The molecule has 2 aromatic rings. The summed E-state index contributed by atoms with van der Waals surface area (Å²) in [7, 11) is -2.49. The van der Waals surface area contributed by atoms with E-state index in [4.69, 9.17) is 9.16 Å². The smallest absolute Gasteiger partial charge is 0.416 e. The fourth-order valence-corrected chi connectivity index (χ4v) is 7.77. The van der Waals surface area contributed by atoms with Gasteiger partial charge in [0, 0.05) is 18.5 Å². The van der Waals surface area contributed by atoms with Crippen molar-refractivity contribution in [1.82, 2.24) is 10.2 Å². The van der Waals surface area contributed by atoms with Gasteiger partial charge in [0.15, 0.2) is 20.3 Å². The second-order valence-electron chi connectivity index (χ2n) is 16.3. The Balaban J connectivity index is 1.59. The number of ether oxygens (including phenoxy) is 1. The maximum Gasteiger partial charge on any atom is 0.416 e. The van der Waals surface area contributed by atoms with Gasteiger partial charge in [-0.05, 0) is 105 Å². The van der Waals surface area contributed by atoms with Crippen LogP contribution in [0.25, 0.3) is 0 Å². The molecule has 0 aliphatic carbocycles. The summed E-state index contributed by atoms with van der Waals surface area (Å²) in [6, 6.07) is 10.1. The van der Waals surface area contributed by atoms with Gasteiger partial charge in [0.1, 0.15) is 6.61 Å². The van der Waals surface area contributed by atoms with Crippen LogP contribution in [0.2, 0.25) is 18.1 Å². The number of ketones is 1. The number of anilines is 1. The van der Waals surface area contributed by atoms with Crippen LogP contribution < -0.4 is 10.2 Å². The molecule has 282 valence electrons. The maximum absolute atomic E-state index is 14.4. The summed E-state index contributed by atoms with van der Waals surface area (Å²) in [6.45, 7) is 24.4. The highest BCUT2D eigenvalue weighted by Crippen LogP contribution is 2.43. The van der Waals surface area contributed by atoms with Crippen molar-refractivity contribution in [3.05, 3.63) is 88.1 Å². The third-order valence-corrected chi connectivity index (χ3v) is 15.5. The van der Waals surface area contributed by atoms with Gasteiger partial charge in [-0.2, -0.15) is 0 Å². The zero-order chi connectivity index (χ0) is 38.7. The lowest BCUT2D eigenvalue weighted by Gasteiger charge is -2.44. The molecular formula is C42H59N3O6Si. The summed E-state index contributed by atoms with van der Waals surface area (Å²) >= 11 is 0. The molecular weight excluding hydrogens is 671 g/mol. The topological polar surface area (TPSA) is 105 Å². The minimum absolute atomic E-state index is 0.0129. The van der Waals surface area contributed by atoms with E-state index in [-0.39, 0.29) is 47.5 Å². The van der Waals surface area contributed by atoms with Crippen molar-refractivity contribution in [3.63, 3.8) is 0 Å². The first kappa shape index (κ1) is 40.7. The normalized spacial score (nSPS) is 18.9. The number of Topliss-reactive ketones (excluding diaryl/α,β-unsaturated/α-hetero) is 1. The molecule has 0 saturated heterocycles. The highest BCUT2D eigenvalue weighted by molar-refractivity contribution is 6.74. The summed E-state index contributed by atoms with van der Waals surface area (Å²) < 4.78 is 13.1. The van der Waals surface area contributed by atoms with Crippen LogP contribution in [0.5, 0.6) is 0 Å². The van der Waals surface area contributed by atoms with Gasteiger partial charge in [0.25, 0.3) is 5.91 Å². The van der Waals surface area contributed by atoms with Crippen molar-refractivity contribution < 1.29 is 28.3 Å². The number of nitrogens with zero attached hydrogens (tertiary/aromatic N) is 2. The van der Waals surface area contributed by atoms with Crippen LogP contribution in [0.3, 0.4) is 0 Å². The van der Waals surface area contributed by atoms with Crippen LogP contribution in [0.1, 0.15) is 101 Å². The Morgan fingerprint density at radius 2 is 1.63 bits per heavy atom.